The highest BCUT2D eigenvalue weighted by atomic mass is 15.4. The lowest BCUT2D eigenvalue weighted by Crippen LogP contribution is -2.47. The normalized spacial score (nSPS) is 28.2. The standard InChI is InChI=1S/C11H21N2/c1-4-6-8-13(11(3)5-2)9-7-12-10-13/h7,9-11H,4-6,8H2,1-3H3/q+1. The summed E-state index contributed by atoms with van der Waals surface area (Å²) in [6.07, 6.45) is 9.99. The molecule has 0 fully saturated rings. The van der Waals surface area contributed by atoms with Crippen molar-refractivity contribution in [3.8, 4) is 0 Å². The van der Waals surface area contributed by atoms with Gasteiger partial charge in [-0.15, -0.1) is 0 Å². The molecule has 0 saturated heterocycles. The zero-order valence-corrected chi connectivity index (χ0v) is 9.03. The van der Waals surface area contributed by atoms with Crippen LogP contribution in [-0.2, 0) is 0 Å². The Bertz CT molecular complexity index is 194. The van der Waals surface area contributed by atoms with E-state index in [0.717, 1.165) is 4.48 Å². The number of quaternary nitrogens is 1. The van der Waals surface area contributed by atoms with E-state index in [1.807, 2.05) is 6.20 Å². The summed E-state index contributed by atoms with van der Waals surface area (Å²) in [4.78, 5) is 4.23. The Morgan fingerprint density at radius 3 is 2.62 bits per heavy atom. The van der Waals surface area contributed by atoms with Crippen molar-refractivity contribution in [3.63, 3.8) is 0 Å². The molecule has 2 unspecified atom stereocenters. The molecule has 0 saturated carbocycles. The van der Waals surface area contributed by atoms with Gasteiger partial charge >= 0.3 is 0 Å². The van der Waals surface area contributed by atoms with Crippen LogP contribution in [0.2, 0.25) is 0 Å². The third-order valence-corrected chi connectivity index (χ3v) is 3.02. The van der Waals surface area contributed by atoms with Gasteiger partial charge in [0, 0.05) is 0 Å². The number of rotatable bonds is 5. The predicted molar refractivity (Wildman–Crippen MR) is 57.4 cm³/mol. The fourth-order valence-electron chi connectivity index (χ4n) is 1.75. The van der Waals surface area contributed by atoms with Gasteiger partial charge in [0.1, 0.15) is 6.20 Å². The lowest BCUT2D eigenvalue weighted by molar-refractivity contribution is -0.806. The van der Waals surface area contributed by atoms with Gasteiger partial charge in [0.2, 0.25) is 0 Å². The van der Waals surface area contributed by atoms with Gasteiger partial charge < -0.3 is 0 Å². The highest BCUT2D eigenvalue weighted by Crippen LogP contribution is 2.20. The second kappa shape index (κ2) is 4.56. The van der Waals surface area contributed by atoms with Crippen molar-refractivity contribution in [2.45, 2.75) is 46.1 Å². The van der Waals surface area contributed by atoms with Crippen molar-refractivity contribution in [1.29, 1.82) is 0 Å². The van der Waals surface area contributed by atoms with E-state index in [9.17, 15) is 0 Å². The van der Waals surface area contributed by atoms with E-state index in [-0.39, 0.29) is 0 Å². The van der Waals surface area contributed by atoms with Crippen LogP contribution in [0.5, 0.6) is 0 Å². The Balaban J connectivity index is 2.64. The summed E-state index contributed by atoms with van der Waals surface area (Å²) in [7, 11) is 0. The molecule has 2 atom stereocenters. The molecular formula is C11H21N2+. The summed E-state index contributed by atoms with van der Waals surface area (Å²) in [5.41, 5.74) is 0. The monoisotopic (exact) mass is 181 g/mol. The molecule has 0 aromatic carbocycles. The van der Waals surface area contributed by atoms with Gasteiger partial charge in [-0.05, 0) is 19.8 Å². The van der Waals surface area contributed by atoms with Crippen LogP contribution in [0.4, 0.5) is 0 Å². The average Bonchev–Trinajstić information content (AvgIpc) is 2.63. The van der Waals surface area contributed by atoms with Gasteiger partial charge in [-0.25, -0.2) is 4.99 Å². The fraction of sp³-hybridized carbons (Fsp3) is 0.727. The number of nitrogens with zero attached hydrogens (tertiary/aromatic N) is 2. The molecule has 13 heavy (non-hydrogen) atoms. The number of hydrogen-bond donors (Lipinski definition) is 0. The smallest absolute Gasteiger partial charge is 0.194 e. The van der Waals surface area contributed by atoms with E-state index in [1.54, 1.807) is 0 Å². The lowest BCUT2D eigenvalue weighted by Gasteiger charge is -2.33. The van der Waals surface area contributed by atoms with Gasteiger partial charge in [0.15, 0.2) is 6.34 Å². The molecule has 74 valence electrons. The average molecular weight is 181 g/mol. The molecular weight excluding hydrogens is 160 g/mol. The molecule has 0 radical (unpaired) electrons. The van der Waals surface area contributed by atoms with Crippen LogP contribution in [0.1, 0.15) is 40.0 Å². The van der Waals surface area contributed by atoms with Crippen LogP contribution in [-0.4, -0.2) is 23.4 Å². The van der Waals surface area contributed by atoms with Crippen molar-refractivity contribution in [2.75, 3.05) is 6.54 Å². The van der Waals surface area contributed by atoms with Crippen molar-refractivity contribution in [1.82, 2.24) is 0 Å². The zero-order valence-electron chi connectivity index (χ0n) is 9.03. The molecule has 2 heteroatoms. The summed E-state index contributed by atoms with van der Waals surface area (Å²) < 4.78 is 0.963. The van der Waals surface area contributed by atoms with Crippen molar-refractivity contribution in [3.05, 3.63) is 12.4 Å². The minimum Gasteiger partial charge on any atom is -0.251 e. The first-order valence-corrected chi connectivity index (χ1v) is 5.34. The Kier molecular flexibility index (Phi) is 3.67. The molecule has 0 aromatic rings. The quantitative estimate of drug-likeness (QED) is 0.578. The molecule has 0 aliphatic carbocycles. The van der Waals surface area contributed by atoms with Crippen LogP contribution in [0.3, 0.4) is 0 Å². The number of hydrogen-bond acceptors (Lipinski definition) is 1. The largest absolute Gasteiger partial charge is 0.251 e. The van der Waals surface area contributed by atoms with Gasteiger partial charge in [-0.2, -0.15) is 0 Å². The predicted octanol–water partition coefficient (Wildman–Crippen LogP) is 2.91. The van der Waals surface area contributed by atoms with Gasteiger partial charge in [-0.3, -0.25) is 4.48 Å². The Morgan fingerprint density at radius 1 is 1.38 bits per heavy atom. The van der Waals surface area contributed by atoms with Crippen LogP contribution >= 0.6 is 0 Å². The van der Waals surface area contributed by atoms with Crippen LogP contribution in [0.15, 0.2) is 17.4 Å². The highest BCUT2D eigenvalue weighted by molar-refractivity contribution is 5.51. The summed E-state index contributed by atoms with van der Waals surface area (Å²) in [5, 5.41) is 0. The third kappa shape index (κ3) is 2.19. The maximum absolute atomic E-state index is 4.23. The Labute approximate surface area is 81.6 Å². The maximum Gasteiger partial charge on any atom is 0.194 e. The van der Waals surface area contributed by atoms with Crippen molar-refractivity contribution in [2.24, 2.45) is 4.99 Å². The maximum atomic E-state index is 4.23. The molecule has 0 aromatic heterocycles. The van der Waals surface area contributed by atoms with Crippen LogP contribution < -0.4 is 0 Å². The number of aliphatic imine (C=N–C) groups is 1. The van der Waals surface area contributed by atoms with E-state index < -0.39 is 0 Å². The second-order valence-corrected chi connectivity index (χ2v) is 3.89. The van der Waals surface area contributed by atoms with Gasteiger partial charge in [-0.1, -0.05) is 20.3 Å². The van der Waals surface area contributed by atoms with E-state index in [2.05, 4.69) is 38.3 Å². The zero-order chi connectivity index (χ0) is 9.73. The summed E-state index contributed by atoms with van der Waals surface area (Å²) >= 11 is 0. The first-order chi connectivity index (χ1) is 6.25. The summed E-state index contributed by atoms with van der Waals surface area (Å²) in [5.74, 6) is 0. The van der Waals surface area contributed by atoms with E-state index in [1.165, 1.54) is 25.8 Å². The molecule has 1 rings (SSSR count). The highest BCUT2D eigenvalue weighted by Gasteiger charge is 2.30. The van der Waals surface area contributed by atoms with Crippen molar-refractivity contribution < 1.29 is 4.48 Å². The fourth-order valence-corrected chi connectivity index (χ4v) is 1.75. The molecule has 1 heterocycles. The SMILES string of the molecule is CCCC[N+]1(C(C)CC)C=CN=C1. The third-order valence-electron chi connectivity index (χ3n) is 3.02. The number of unbranched alkanes of at least 4 members (excludes halogenated alkanes) is 1. The van der Waals surface area contributed by atoms with Gasteiger partial charge in [0.05, 0.1) is 18.8 Å². The molecule has 2 nitrogen and oxygen atoms in total. The molecule has 0 amide bonds. The molecule has 0 bridgehead atoms. The molecule has 0 spiro atoms. The summed E-state index contributed by atoms with van der Waals surface area (Å²) in [6, 6.07) is 0.661. The van der Waals surface area contributed by atoms with Crippen LogP contribution in [0.25, 0.3) is 0 Å². The van der Waals surface area contributed by atoms with E-state index >= 15 is 0 Å². The van der Waals surface area contributed by atoms with Gasteiger partial charge in [0.25, 0.3) is 0 Å². The summed E-state index contributed by atoms with van der Waals surface area (Å²) in [6.45, 7) is 7.99. The Morgan fingerprint density at radius 2 is 2.15 bits per heavy atom. The molecule has 1 aliphatic heterocycles. The minimum atomic E-state index is 0.661. The first-order valence-electron chi connectivity index (χ1n) is 5.34. The van der Waals surface area contributed by atoms with Crippen molar-refractivity contribution >= 4 is 6.34 Å². The molecule has 0 N–H and O–H groups in total. The van der Waals surface area contributed by atoms with E-state index in [4.69, 9.17) is 0 Å². The first kappa shape index (κ1) is 10.5. The van der Waals surface area contributed by atoms with E-state index in [0.29, 0.717) is 6.04 Å². The second-order valence-electron chi connectivity index (χ2n) is 3.89. The Hall–Kier alpha value is -0.630. The lowest BCUT2D eigenvalue weighted by atomic mass is 10.1. The van der Waals surface area contributed by atoms with Crippen LogP contribution in [0, 0.1) is 0 Å². The minimum absolute atomic E-state index is 0.661. The topological polar surface area (TPSA) is 12.4 Å². The molecule has 1 aliphatic rings.